The van der Waals surface area contributed by atoms with Crippen molar-refractivity contribution < 1.29 is 4.42 Å². The van der Waals surface area contributed by atoms with Crippen LogP contribution >= 0.6 is 0 Å². The quantitative estimate of drug-likeness (QED) is 0.864. The van der Waals surface area contributed by atoms with Crippen LogP contribution in [0.4, 0.5) is 0 Å². The molecule has 1 aromatic heterocycles. The van der Waals surface area contributed by atoms with Gasteiger partial charge in [0.1, 0.15) is 5.76 Å². The summed E-state index contributed by atoms with van der Waals surface area (Å²) in [6, 6.07) is 1.39. The predicted octanol–water partition coefficient (Wildman–Crippen LogP) is 1.62. The van der Waals surface area contributed by atoms with E-state index in [1.54, 1.807) is 0 Å². The van der Waals surface area contributed by atoms with Crippen LogP contribution in [0, 0.1) is 13.8 Å². The van der Waals surface area contributed by atoms with Gasteiger partial charge in [-0.2, -0.15) is 0 Å². The Hall–Kier alpha value is -0.870. The molecular weight excluding hydrogens is 214 g/mol. The molecule has 0 amide bonds. The van der Waals surface area contributed by atoms with Gasteiger partial charge in [0.2, 0.25) is 5.89 Å². The third-order valence-corrected chi connectivity index (χ3v) is 4.19. The molecule has 2 fully saturated rings. The molecule has 1 aromatic rings. The first kappa shape index (κ1) is 11.2. The van der Waals surface area contributed by atoms with Crippen LogP contribution in [-0.2, 0) is 6.54 Å². The number of aromatic nitrogens is 1. The monoisotopic (exact) mass is 235 g/mol. The SMILES string of the molecule is Cc1nc(CNC2CCN3CCCC23)oc1C. The van der Waals surface area contributed by atoms with E-state index in [4.69, 9.17) is 4.42 Å². The van der Waals surface area contributed by atoms with Crippen molar-refractivity contribution >= 4 is 0 Å². The normalized spacial score (nSPS) is 28.8. The van der Waals surface area contributed by atoms with Gasteiger partial charge in [0.25, 0.3) is 0 Å². The van der Waals surface area contributed by atoms with E-state index >= 15 is 0 Å². The minimum absolute atomic E-state index is 0.630. The molecule has 0 saturated carbocycles. The smallest absolute Gasteiger partial charge is 0.208 e. The second kappa shape index (κ2) is 4.42. The van der Waals surface area contributed by atoms with Gasteiger partial charge in [-0.05, 0) is 39.7 Å². The maximum Gasteiger partial charge on any atom is 0.208 e. The highest BCUT2D eigenvalue weighted by Crippen LogP contribution is 2.28. The van der Waals surface area contributed by atoms with E-state index in [0.29, 0.717) is 6.04 Å². The molecule has 2 unspecified atom stereocenters. The van der Waals surface area contributed by atoms with Crippen LogP contribution in [0.3, 0.4) is 0 Å². The van der Waals surface area contributed by atoms with Gasteiger partial charge in [-0.1, -0.05) is 0 Å². The fraction of sp³-hybridized carbons (Fsp3) is 0.769. The Morgan fingerprint density at radius 3 is 3.00 bits per heavy atom. The minimum Gasteiger partial charge on any atom is -0.444 e. The van der Waals surface area contributed by atoms with Gasteiger partial charge in [-0.3, -0.25) is 4.90 Å². The standard InChI is InChI=1S/C13H21N3O/c1-9-10(2)17-13(15-9)8-14-11-5-7-16-6-3-4-12(11)16/h11-12,14H,3-8H2,1-2H3. The zero-order valence-corrected chi connectivity index (χ0v) is 10.7. The summed E-state index contributed by atoms with van der Waals surface area (Å²) in [5, 5.41) is 3.61. The molecule has 0 spiro atoms. The van der Waals surface area contributed by atoms with Gasteiger partial charge in [-0.15, -0.1) is 0 Å². The summed E-state index contributed by atoms with van der Waals surface area (Å²) in [6.07, 6.45) is 3.98. The highest BCUT2D eigenvalue weighted by atomic mass is 16.4. The third kappa shape index (κ3) is 2.11. The zero-order chi connectivity index (χ0) is 11.8. The van der Waals surface area contributed by atoms with Gasteiger partial charge >= 0.3 is 0 Å². The Kier molecular flexibility index (Phi) is 2.92. The van der Waals surface area contributed by atoms with Crippen molar-refractivity contribution in [1.29, 1.82) is 0 Å². The summed E-state index contributed by atoms with van der Waals surface area (Å²) in [4.78, 5) is 7.03. The Morgan fingerprint density at radius 1 is 1.35 bits per heavy atom. The zero-order valence-electron chi connectivity index (χ0n) is 10.7. The fourth-order valence-electron chi connectivity index (χ4n) is 3.15. The minimum atomic E-state index is 0.630. The Bertz CT molecular complexity index is 382. The third-order valence-electron chi connectivity index (χ3n) is 4.19. The van der Waals surface area contributed by atoms with E-state index in [2.05, 4.69) is 15.2 Å². The van der Waals surface area contributed by atoms with E-state index in [0.717, 1.165) is 29.9 Å². The first-order valence-electron chi connectivity index (χ1n) is 6.64. The number of nitrogens with one attached hydrogen (secondary N) is 1. The lowest BCUT2D eigenvalue weighted by atomic mass is 10.1. The van der Waals surface area contributed by atoms with Crippen LogP contribution in [0.5, 0.6) is 0 Å². The molecule has 0 aliphatic carbocycles. The lowest BCUT2D eigenvalue weighted by Crippen LogP contribution is -2.38. The number of nitrogens with zero attached hydrogens (tertiary/aromatic N) is 2. The molecule has 3 rings (SSSR count). The van der Waals surface area contributed by atoms with Gasteiger partial charge in [-0.25, -0.2) is 4.98 Å². The van der Waals surface area contributed by atoms with Crippen molar-refractivity contribution in [2.45, 2.75) is 51.7 Å². The fourth-order valence-corrected chi connectivity index (χ4v) is 3.15. The number of aryl methyl sites for hydroxylation is 2. The molecular formula is C13H21N3O. The molecule has 0 bridgehead atoms. The van der Waals surface area contributed by atoms with E-state index in [9.17, 15) is 0 Å². The predicted molar refractivity (Wildman–Crippen MR) is 65.8 cm³/mol. The number of hydrogen-bond donors (Lipinski definition) is 1. The molecule has 2 saturated heterocycles. The van der Waals surface area contributed by atoms with Crippen LogP contribution in [0.15, 0.2) is 4.42 Å². The maximum absolute atomic E-state index is 5.60. The van der Waals surface area contributed by atoms with Crippen LogP contribution in [0.25, 0.3) is 0 Å². The second-order valence-electron chi connectivity index (χ2n) is 5.27. The Balaban J connectivity index is 1.57. The Labute approximate surface area is 102 Å². The molecule has 1 N–H and O–H groups in total. The average Bonchev–Trinajstić information content (AvgIpc) is 2.94. The van der Waals surface area contributed by atoms with Crippen LogP contribution in [-0.4, -0.2) is 35.1 Å². The molecule has 2 atom stereocenters. The van der Waals surface area contributed by atoms with Gasteiger partial charge in [0, 0.05) is 18.6 Å². The summed E-state index contributed by atoms with van der Waals surface area (Å²) in [7, 11) is 0. The van der Waals surface area contributed by atoms with E-state index in [1.807, 2.05) is 13.8 Å². The van der Waals surface area contributed by atoms with Gasteiger partial charge < -0.3 is 9.73 Å². The maximum atomic E-state index is 5.60. The number of fused-ring (bicyclic) bond motifs is 1. The summed E-state index contributed by atoms with van der Waals surface area (Å²) in [5.41, 5.74) is 1.01. The lowest BCUT2D eigenvalue weighted by Gasteiger charge is -2.20. The van der Waals surface area contributed by atoms with Crippen LogP contribution in [0.1, 0.15) is 36.6 Å². The average molecular weight is 235 g/mol. The summed E-state index contributed by atoms with van der Waals surface area (Å²) < 4.78 is 5.60. The van der Waals surface area contributed by atoms with Crippen molar-refractivity contribution in [2.75, 3.05) is 13.1 Å². The van der Waals surface area contributed by atoms with E-state index in [1.165, 1.54) is 32.4 Å². The summed E-state index contributed by atoms with van der Waals surface area (Å²) >= 11 is 0. The van der Waals surface area contributed by atoms with Crippen LogP contribution < -0.4 is 5.32 Å². The van der Waals surface area contributed by atoms with Crippen LogP contribution in [0.2, 0.25) is 0 Å². The molecule has 0 radical (unpaired) electrons. The molecule has 0 aromatic carbocycles. The van der Waals surface area contributed by atoms with Crippen molar-refractivity contribution in [3.05, 3.63) is 17.3 Å². The van der Waals surface area contributed by atoms with Gasteiger partial charge in [0.05, 0.1) is 12.2 Å². The second-order valence-corrected chi connectivity index (χ2v) is 5.27. The van der Waals surface area contributed by atoms with E-state index < -0.39 is 0 Å². The molecule has 2 aliphatic heterocycles. The summed E-state index contributed by atoms with van der Waals surface area (Å²) in [5.74, 6) is 1.77. The van der Waals surface area contributed by atoms with Gasteiger partial charge in [0.15, 0.2) is 0 Å². The van der Waals surface area contributed by atoms with Crippen molar-refractivity contribution in [1.82, 2.24) is 15.2 Å². The molecule has 3 heterocycles. The van der Waals surface area contributed by atoms with Crippen molar-refractivity contribution in [3.8, 4) is 0 Å². The first-order chi connectivity index (χ1) is 8.24. The largest absolute Gasteiger partial charge is 0.444 e. The molecule has 2 aliphatic rings. The first-order valence-corrected chi connectivity index (χ1v) is 6.64. The topological polar surface area (TPSA) is 41.3 Å². The molecule has 4 heteroatoms. The highest BCUT2D eigenvalue weighted by Gasteiger charge is 2.36. The molecule has 94 valence electrons. The molecule has 17 heavy (non-hydrogen) atoms. The molecule has 4 nitrogen and oxygen atoms in total. The lowest BCUT2D eigenvalue weighted by molar-refractivity contribution is 0.294. The number of hydrogen-bond acceptors (Lipinski definition) is 4. The number of oxazole rings is 1. The Morgan fingerprint density at radius 2 is 2.24 bits per heavy atom. The number of rotatable bonds is 3. The van der Waals surface area contributed by atoms with Crippen molar-refractivity contribution in [3.63, 3.8) is 0 Å². The summed E-state index contributed by atoms with van der Waals surface area (Å²) in [6.45, 7) is 7.28. The van der Waals surface area contributed by atoms with Crippen molar-refractivity contribution in [2.24, 2.45) is 0 Å². The van der Waals surface area contributed by atoms with E-state index in [-0.39, 0.29) is 0 Å². The highest BCUT2D eigenvalue weighted by molar-refractivity contribution is 5.05.